The number of carbonyl (C=O) groups is 2. The number of carbonyl (C=O) groups excluding carboxylic acids is 2. The lowest BCUT2D eigenvalue weighted by molar-refractivity contribution is 0.0846. The lowest BCUT2D eigenvalue weighted by atomic mass is 9.98. The molecule has 0 saturated carbocycles. The number of hydrazine groups is 1. The molecule has 0 fully saturated rings. The van der Waals surface area contributed by atoms with Crippen molar-refractivity contribution in [2.24, 2.45) is 0 Å². The van der Waals surface area contributed by atoms with Gasteiger partial charge in [-0.2, -0.15) is 0 Å². The van der Waals surface area contributed by atoms with E-state index < -0.39 is 23.4 Å². The van der Waals surface area contributed by atoms with E-state index in [4.69, 9.17) is 0 Å². The van der Waals surface area contributed by atoms with Crippen LogP contribution < -0.4 is 10.9 Å². The van der Waals surface area contributed by atoms with Crippen molar-refractivity contribution < 1.29 is 23.5 Å². The minimum atomic E-state index is -0.713. The highest BCUT2D eigenvalue weighted by atomic mass is 19.1. The second-order valence-electron chi connectivity index (χ2n) is 6.11. The Balaban J connectivity index is 1.72. The van der Waals surface area contributed by atoms with Crippen LogP contribution in [0.15, 0.2) is 60.7 Å². The summed E-state index contributed by atoms with van der Waals surface area (Å²) in [6.07, 6.45) is 0. The van der Waals surface area contributed by atoms with Gasteiger partial charge in [-0.1, -0.05) is 18.2 Å². The molecule has 0 unspecified atom stereocenters. The molecule has 3 N–H and O–H groups in total. The van der Waals surface area contributed by atoms with E-state index in [9.17, 15) is 23.5 Å². The molecule has 0 radical (unpaired) electrons. The van der Waals surface area contributed by atoms with Gasteiger partial charge in [0.1, 0.15) is 17.4 Å². The van der Waals surface area contributed by atoms with Crippen molar-refractivity contribution in [2.75, 3.05) is 0 Å². The predicted molar refractivity (Wildman–Crippen MR) is 99.6 cm³/mol. The first kappa shape index (κ1) is 19.0. The molecule has 3 aromatic rings. The van der Waals surface area contributed by atoms with E-state index >= 15 is 0 Å². The van der Waals surface area contributed by atoms with Crippen LogP contribution in [0.1, 0.15) is 26.3 Å². The van der Waals surface area contributed by atoms with Crippen LogP contribution >= 0.6 is 0 Å². The number of amides is 2. The Labute approximate surface area is 159 Å². The average molecular weight is 382 g/mol. The number of hydrogen-bond acceptors (Lipinski definition) is 3. The molecule has 0 aliphatic heterocycles. The maximum atomic E-state index is 14.5. The van der Waals surface area contributed by atoms with Crippen LogP contribution in [0.4, 0.5) is 8.78 Å². The van der Waals surface area contributed by atoms with Gasteiger partial charge in [-0.3, -0.25) is 20.4 Å². The Bertz CT molecular complexity index is 1070. The van der Waals surface area contributed by atoms with Gasteiger partial charge >= 0.3 is 0 Å². The van der Waals surface area contributed by atoms with E-state index in [2.05, 4.69) is 10.9 Å². The zero-order valence-electron chi connectivity index (χ0n) is 14.8. The van der Waals surface area contributed by atoms with Gasteiger partial charge in [0.15, 0.2) is 0 Å². The molecular weight excluding hydrogens is 366 g/mol. The molecule has 0 spiro atoms. The molecule has 0 aromatic heterocycles. The number of aryl methyl sites for hydroxylation is 1. The van der Waals surface area contributed by atoms with Crippen molar-refractivity contribution in [1.29, 1.82) is 0 Å². The number of halogens is 2. The standard InChI is InChI=1S/C21H16F2N2O3/c1-12-9-15(22)6-8-17(12)18-7-5-14(11-19(18)23)21(28)25-24-20(27)13-3-2-4-16(26)10-13/h2-11,26H,1H3,(H,24,27)(H,25,28). The SMILES string of the molecule is Cc1cc(F)ccc1-c1ccc(C(=O)NNC(=O)c2cccc(O)c2)cc1F. The van der Waals surface area contributed by atoms with Gasteiger partial charge < -0.3 is 5.11 Å². The van der Waals surface area contributed by atoms with Gasteiger partial charge in [0, 0.05) is 16.7 Å². The Hall–Kier alpha value is -3.74. The lowest BCUT2D eigenvalue weighted by Crippen LogP contribution is -2.41. The topological polar surface area (TPSA) is 78.4 Å². The number of rotatable bonds is 3. The highest BCUT2D eigenvalue weighted by Crippen LogP contribution is 2.27. The third-order valence-electron chi connectivity index (χ3n) is 4.11. The molecule has 3 aromatic carbocycles. The Morgan fingerprint density at radius 3 is 2.07 bits per heavy atom. The molecule has 0 aliphatic rings. The minimum absolute atomic E-state index is 0.00257. The second kappa shape index (κ2) is 7.87. The summed E-state index contributed by atoms with van der Waals surface area (Å²) in [4.78, 5) is 24.1. The van der Waals surface area contributed by atoms with Crippen LogP contribution in [0.25, 0.3) is 11.1 Å². The Morgan fingerprint density at radius 2 is 1.46 bits per heavy atom. The summed E-state index contributed by atoms with van der Waals surface area (Å²) >= 11 is 0. The normalized spacial score (nSPS) is 10.4. The van der Waals surface area contributed by atoms with Gasteiger partial charge in [-0.05, 0) is 60.5 Å². The molecule has 0 saturated heterocycles. The third-order valence-corrected chi connectivity index (χ3v) is 4.11. The first-order valence-electron chi connectivity index (χ1n) is 8.31. The summed E-state index contributed by atoms with van der Waals surface area (Å²) in [6, 6.07) is 13.4. The van der Waals surface area contributed by atoms with Crippen molar-refractivity contribution >= 4 is 11.8 Å². The fourth-order valence-corrected chi connectivity index (χ4v) is 2.71. The van der Waals surface area contributed by atoms with Crippen molar-refractivity contribution in [2.45, 2.75) is 6.92 Å². The number of aromatic hydroxyl groups is 1. The van der Waals surface area contributed by atoms with Gasteiger partial charge in [-0.25, -0.2) is 8.78 Å². The van der Waals surface area contributed by atoms with Gasteiger partial charge in [0.25, 0.3) is 11.8 Å². The largest absolute Gasteiger partial charge is 0.508 e. The van der Waals surface area contributed by atoms with Gasteiger partial charge in [0.2, 0.25) is 0 Å². The fourth-order valence-electron chi connectivity index (χ4n) is 2.71. The molecular formula is C21H16F2N2O3. The molecule has 0 bridgehead atoms. The predicted octanol–water partition coefficient (Wildman–Crippen LogP) is 3.72. The monoisotopic (exact) mass is 382 g/mol. The maximum absolute atomic E-state index is 14.5. The summed E-state index contributed by atoms with van der Waals surface area (Å²) in [5.41, 5.74) is 5.84. The second-order valence-corrected chi connectivity index (χ2v) is 6.11. The summed E-state index contributed by atoms with van der Waals surface area (Å²) in [6.45, 7) is 1.66. The number of benzene rings is 3. The van der Waals surface area contributed by atoms with E-state index in [0.717, 1.165) is 6.07 Å². The number of phenolic OH excluding ortho intramolecular Hbond substituents is 1. The zero-order valence-corrected chi connectivity index (χ0v) is 14.8. The molecule has 28 heavy (non-hydrogen) atoms. The van der Waals surface area contributed by atoms with Gasteiger partial charge in [0.05, 0.1) is 0 Å². The van der Waals surface area contributed by atoms with Crippen molar-refractivity contribution in [3.05, 3.63) is 89.0 Å². The van der Waals surface area contributed by atoms with E-state index in [1.165, 1.54) is 54.6 Å². The molecule has 0 aliphatic carbocycles. The van der Waals surface area contributed by atoms with Crippen molar-refractivity contribution in [3.63, 3.8) is 0 Å². The summed E-state index contributed by atoms with van der Waals surface area (Å²) < 4.78 is 27.7. The molecule has 2 amide bonds. The smallest absolute Gasteiger partial charge is 0.269 e. The first-order chi connectivity index (χ1) is 13.3. The van der Waals surface area contributed by atoms with Crippen LogP contribution in [0.2, 0.25) is 0 Å². The molecule has 5 nitrogen and oxygen atoms in total. The quantitative estimate of drug-likeness (QED) is 0.604. The van der Waals surface area contributed by atoms with Crippen LogP contribution in [-0.2, 0) is 0 Å². The summed E-state index contributed by atoms with van der Waals surface area (Å²) in [5, 5.41) is 9.37. The van der Waals surface area contributed by atoms with E-state index in [1.54, 1.807) is 6.92 Å². The van der Waals surface area contributed by atoms with Crippen molar-refractivity contribution in [3.8, 4) is 16.9 Å². The lowest BCUT2D eigenvalue weighted by Gasteiger charge is -2.10. The zero-order chi connectivity index (χ0) is 20.3. The van der Waals surface area contributed by atoms with E-state index in [-0.39, 0.29) is 22.4 Å². The minimum Gasteiger partial charge on any atom is -0.508 e. The maximum Gasteiger partial charge on any atom is 0.269 e. The molecule has 0 heterocycles. The third kappa shape index (κ3) is 4.15. The Kier molecular flexibility index (Phi) is 5.35. The fraction of sp³-hybridized carbons (Fsp3) is 0.0476. The molecule has 0 atom stereocenters. The average Bonchev–Trinajstić information content (AvgIpc) is 2.66. The first-order valence-corrected chi connectivity index (χ1v) is 8.31. The van der Waals surface area contributed by atoms with Crippen LogP contribution in [0.5, 0.6) is 5.75 Å². The molecule has 3 rings (SSSR count). The van der Waals surface area contributed by atoms with Crippen LogP contribution in [-0.4, -0.2) is 16.9 Å². The highest BCUT2D eigenvalue weighted by molar-refractivity contribution is 5.99. The number of hydrogen-bond donors (Lipinski definition) is 3. The number of phenols is 1. The van der Waals surface area contributed by atoms with Crippen molar-refractivity contribution in [1.82, 2.24) is 10.9 Å². The van der Waals surface area contributed by atoms with Gasteiger partial charge in [-0.15, -0.1) is 0 Å². The van der Waals surface area contributed by atoms with E-state index in [1.807, 2.05) is 0 Å². The van der Waals surface area contributed by atoms with Crippen LogP contribution in [0.3, 0.4) is 0 Å². The van der Waals surface area contributed by atoms with E-state index in [0.29, 0.717) is 11.1 Å². The van der Waals surface area contributed by atoms with Crippen LogP contribution in [0, 0.1) is 18.6 Å². The Morgan fingerprint density at radius 1 is 0.821 bits per heavy atom. The molecule has 142 valence electrons. The summed E-state index contributed by atoms with van der Waals surface area (Å²) in [5.74, 6) is -2.51. The number of nitrogens with one attached hydrogen (secondary N) is 2. The molecule has 7 heteroatoms. The summed E-state index contributed by atoms with van der Waals surface area (Å²) in [7, 11) is 0. The highest BCUT2D eigenvalue weighted by Gasteiger charge is 2.14.